The zero-order chi connectivity index (χ0) is 16.4. The van der Waals surface area contributed by atoms with Crippen molar-refractivity contribution in [3.63, 3.8) is 0 Å². The summed E-state index contributed by atoms with van der Waals surface area (Å²) in [4.78, 5) is 14.0. The van der Waals surface area contributed by atoms with E-state index in [-0.39, 0.29) is 6.03 Å². The summed E-state index contributed by atoms with van der Waals surface area (Å²) >= 11 is 0. The molecule has 2 amide bonds. The number of urea groups is 1. The Morgan fingerprint density at radius 2 is 1.54 bits per heavy atom. The number of benzene rings is 3. The van der Waals surface area contributed by atoms with Crippen molar-refractivity contribution in [1.82, 2.24) is 5.32 Å². The van der Waals surface area contributed by atoms with Gasteiger partial charge in [-0.1, -0.05) is 36.4 Å². The number of para-hydroxylation sites is 2. The van der Waals surface area contributed by atoms with Crippen molar-refractivity contribution in [3.8, 4) is 0 Å². The van der Waals surface area contributed by atoms with Crippen LogP contribution in [0.4, 0.5) is 27.5 Å². The van der Waals surface area contributed by atoms with Gasteiger partial charge in [0, 0.05) is 17.9 Å². The average molecular weight is 315 g/mol. The van der Waals surface area contributed by atoms with Gasteiger partial charge in [0.1, 0.15) is 0 Å². The van der Waals surface area contributed by atoms with Crippen molar-refractivity contribution in [3.05, 3.63) is 84.4 Å². The van der Waals surface area contributed by atoms with Gasteiger partial charge in [-0.3, -0.25) is 4.90 Å². The first-order chi connectivity index (χ1) is 11.8. The Hall–Kier alpha value is -3.27. The summed E-state index contributed by atoms with van der Waals surface area (Å²) in [7, 11) is 0. The highest BCUT2D eigenvalue weighted by atomic mass is 16.2. The zero-order valence-corrected chi connectivity index (χ0v) is 13.1. The average Bonchev–Trinajstić information content (AvgIpc) is 2.63. The molecule has 3 aromatic rings. The Bertz CT molecular complexity index is 863. The first-order valence-corrected chi connectivity index (χ1v) is 7.89. The molecule has 0 fully saturated rings. The standard InChI is InChI=1S/C20H17N3O/c24-20-21-14-15-13-17(22-16-7-3-1-4-8-16)11-12-19(15)23(20)18-9-5-2-6-10-18/h1-13,22H,14H2,(H,21,24). The lowest BCUT2D eigenvalue weighted by molar-refractivity contribution is 0.247. The molecule has 0 unspecified atom stereocenters. The summed E-state index contributed by atoms with van der Waals surface area (Å²) < 4.78 is 0. The van der Waals surface area contributed by atoms with Gasteiger partial charge >= 0.3 is 6.03 Å². The maximum atomic E-state index is 12.3. The quantitative estimate of drug-likeness (QED) is 0.730. The topological polar surface area (TPSA) is 44.4 Å². The minimum atomic E-state index is -0.0996. The summed E-state index contributed by atoms with van der Waals surface area (Å²) in [5.41, 5.74) is 4.91. The highest BCUT2D eigenvalue weighted by Crippen LogP contribution is 2.33. The molecule has 0 atom stereocenters. The molecule has 0 aromatic heterocycles. The van der Waals surface area contributed by atoms with Crippen LogP contribution < -0.4 is 15.5 Å². The highest BCUT2D eigenvalue weighted by molar-refractivity contribution is 6.02. The maximum Gasteiger partial charge on any atom is 0.326 e. The third kappa shape index (κ3) is 2.70. The minimum Gasteiger partial charge on any atom is -0.356 e. The Morgan fingerprint density at radius 1 is 0.833 bits per heavy atom. The number of fused-ring (bicyclic) bond motifs is 1. The van der Waals surface area contributed by atoms with Crippen LogP contribution in [-0.4, -0.2) is 6.03 Å². The van der Waals surface area contributed by atoms with Crippen molar-refractivity contribution >= 4 is 28.8 Å². The van der Waals surface area contributed by atoms with E-state index < -0.39 is 0 Å². The van der Waals surface area contributed by atoms with Crippen LogP contribution in [0.2, 0.25) is 0 Å². The van der Waals surface area contributed by atoms with Gasteiger partial charge in [0.2, 0.25) is 0 Å². The largest absolute Gasteiger partial charge is 0.356 e. The highest BCUT2D eigenvalue weighted by Gasteiger charge is 2.25. The van der Waals surface area contributed by atoms with Gasteiger partial charge in [-0.15, -0.1) is 0 Å². The molecule has 0 saturated carbocycles. The first kappa shape index (κ1) is 14.3. The summed E-state index contributed by atoms with van der Waals surface area (Å²) in [5.74, 6) is 0. The second-order valence-electron chi connectivity index (χ2n) is 5.66. The minimum absolute atomic E-state index is 0.0996. The molecule has 1 heterocycles. The predicted molar refractivity (Wildman–Crippen MR) is 97.0 cm³/mol. The monoisotopic (exact) mass is 315 g/mol. The third-order valence-electron chi connectivity index (χ3n) is 4.03. The normalized spacial score (nSPS) is 13.2. The number of nitrogens with zero attached hydrogens (tertiary/aromatic N) is 1. The van der Waals surface area contributed by atoms with Crippen molar-refractivity contribution in [1.29, 1.82) is 0 Å². The van der Waals surface area contributed by atoms with Gasteiger partial charge in [0.15, 0.2) is 0 Å². The van der Waals surface area contributed by atoms with Gasteiger partial charge in [-0.2, -0.15) is 0 Å². The van der Waals surface area contributed by atoms with E-state index in [1.807, 2.05) is 72.8 Å². The van der Waals surface area contributed by atoms with Crippen molar-refractivity contribution in [2.45, 2.75) is 6.54 Å². The fourth-order valence-electron chi connectivity index (χ4n) is 2.90. The number of nitrogens with one attached hydrogen (secondary N) is 2. The Kier molecular flexibility index (Phi) is 3.63. The second kappa shape index (κ2) is 6.08. The number of rotatable bonds is 3. The van der Waals surface area contributed by atoms with E-state index in [4.69, 9.17) is 0 Å². The molecule has 4 nitrogen and oxygen atoms in total. The molecule has 4 rings (SSSR count). The molecular weight excluding hydrogens is 298 g/mol. The number of hydrogen-bond donors (Lipinski definition) is 2. The SMILES string of the molecule is O=C1NCc2cc(Nc3ccccc3)ccc2N1c1ccccc1. The van der Waals surface area contributed by atoms with Gasteiger partial charge in [0.05, 0.1) is 11.4 Å². The number of amides is 2. The van der Waals surface area contributed by atoms with Crippen LogP contribution in [-0.2, 0) is 6.54 Å². The maximum absolute atomic E-state index is 12.3. The number of carbonyl (C=O) groups excluding carboxylic acids is 1. The van der Waals surface area contributed by atoms with Gasteiger partial charge < -0.3 is 10.6 Å². The van der Waals surface area contributed by atoms with Crippen LogP contribution in [0, 0.1) is 0 Å². The molecule has 3 aromatic carbocycles. The van der Waals surface area contributed by atoms with Crippen molar-refractivity contribution in [2.75, 3.05) is 10.2 Å². The molecule has 0 aliphatic carbocycles. The molecule has 0 bridgehead atoms. The van der Waals surface area contributed by atoms with Crippen molar-refractivity contribution < 1.29 is 4.79 Å². The van der Waals surface area contributed by atoms with E-state index in [1.165, 1.54) is 0 Å². The Morgan fingerprint density at radius 3 is 2.29 bits per heavy atom. The Labute approximate surface area is 140 Å². The molecule has 4 heteroatoms. The summed E-state index contributed by atoms with van der Waals surface area (Å²) in [5, 5.41) is 6.33. The summed E-state index contributed by atoms with van der Waals surface area (Å²) in [6, 6.07) is 25.7. The third-order valence-corrected chi connectivity index (χ3v) is 4.03. The lowest BCUT2D eigenvalue weighted by atomic mass is 10.1. The smallest absolute Gasteiger partial charge is 0.326 e. The number of hydrogen-bond acceptors (Lipinski definition) is 2. The molecule has 2 N–H and O–H groups in total. The van der Waals surface area contributed by atoms with Crippen LogP contribution in [0.5, 0.6) is 0 Å². The van der Waals surface area contributed by atoms with E-state index >= 15 is 0 Å². The van der Waals surface area contributed by atoms with Gasteiger partial charge in [-0.25, -0.2) is 4.79 Å². The molecule has 0 radical (unpaired) electrons. The van der Waals surface area contributed by atoms with E-state index in [2.05, 4.69) is 16.7 Å². The van der Waals surface area contributed by atoms with E-state index in [0.717, 1.165) is 28.3 Å². The van der Waals surface area contributed by atoms with Crippen LogP contribution in [0.15, 0.2) is 78.9 Å². The molecule has 1 aliphatic rings. The lowest BCUT2D eigenvalue weighted by Crippen LogP contribution is -2.41. The lowest BCUT2D eigenvalue weighted by Gasteiger charge is -2.30. The second-order valence-corrected chi connectivity index (χ2v) is 5.66. The summed E-state index contributed by atoms with van der Waals surface area (Å²) in [6.07, 6.45) is 0. The molecule has 1 aliphatic heterocycles. The Balaban J connectivity index is 1.68. The number of carbonyl (C=O) groups is 1. The summed E-state index contributed by atoms with van der Waals surface area (Å²) in [6.45, 7) is 0.530. The fourth-order valence-corrected chi connectivity index (χ4v) is 2.90. The molecule has 0 saturated heterocycles. The predicted octanol–water partition coefficient (Wildman–Crippen LogP) is 4.79. The first-order valence-electron chi connectivity index (χ1n) is 7.89. The molecule has 0 spiro atoms. The zero-order valence-electron chi connectivity index (χ0n) is 13.1. The van der Waals surface area contributed by atoms with E-state index in [1.54, 1.807) is 4.90 Å². The molecule has 118 valence electrons. The van der Waals surface area contributed by atoms with Crippen LogP contribution in [0.3, 0.4) is 0 Å². The van der Waals surface area contributed by atoms with Crippen molar-refractivity contribution in [2.24, 2.45) is 0 Å². The van der Waals surface area contributed by atoms with Crippen LogP contribution >= 0.6 is 0 Å². The van der Waals surface area contributed by atoms with Crippen LogP contribution in [0.25, 0.3) is 0 Å². The van der Waals surface area contributed by atoms with Gasteiger partial charge in [-0.05, 0) is 48.0 Å². The van der Waals surface area contributed by atoms with Gasteiger partial charge in [0.25, 0.3) is 0 Å². The molecular formula is C20H17N3O. The fraction of sp³-hybridized carbons (Fsp3) is 0.0500. The van der Waals surface area contributed by atoms with E-state index in [9.17, 15) is 4.79 Å². The molecule has 24 heavy (non-hydrogen) atoms. The van der Waals surface area contributed by atoms with Crippen LogP contribution in [0.1, 0.15) is 5.56 Å². The number of anilines is 4. The van der Waals surface area contributed by atoms with E-state index in [0.29, 0.717) is 6.54 Å².